The fourth-order valence-corrected chi connectivity index (χ4v) is 4.05. The number of nitrogens with one attached hydrogen (secondary N) is 1. The molecule has 0 radical (unpaired) electrons. The zero-order valence-electron chi connectivity index (χ0n) is 23.3. The molecule has 0 saturated carbocycles. The maximum absolute atomic E-state index is 11.9. The molecule has 37 heavy (non-hydrogen) atoms. The Morgan fingerprint density at radius 2 is 1.35 bits per heavy atom. The van der Waals surface area contributed by atoms with Gasteiger partial charge in [-0.25, -0.2) is 8.42 Å². The Kier molecular flexibility index (Phi) is 29.5. The van der Waals surface area contributed by atoms with Crippen molar-refractivity contribution >= 4 is 28.0 Å². The molecule has 0 bridgehead atoms. The number of rotatable bonds is 22. The summed E-state index contributed by atoms with van der Waals surface area (Å²) in [6.07, 6.45) is 18.2. The second kappa shape index (κ2) is 26.3. The van der Waals surface area contributed by atoms with Gasteiger partial charge in [-0.05, 0) is 39.0 Å². The maximum atomic E-state index is 11.9. The van der Waals surface area contributed by atoms with Crippen LogP contribution in [0.2, 0.25) is 0 Å². The first-order valence-electron chi connectivity index (χ1n) is 12.8. The minimum atomic E-state index is -5.24. The fraction of sp³-hybridized carbons (Fsp3) is 0.800. The summed E-state index contributed by atoms with van der Waals surface area (Å²) in [5.74, 6) is -3.52. The van der Waals surface area contributed by atoms with Gasteiger partial charge in [0.25, 0.3) is 0 Å². The summed E-state index contributed by atoms with van der Waals surface area (Å²) in [5.41, 5.74) is 0. The van der Waals surface area contributed by atoms with Gasteiger partial charge in [0.05, 0.1) is 24.2 Å². The number of unbranched alkanes of at least 4 members (excludes halogenated alkanes) is 11. The Bertz CT molecular complexity index is 747. The SMILES string of the molecule is CCCCCCCCC=CCCCCCCCC(=O)NCC(C)OC(=O)CC(C(=O)[O-])S(=O)(=O)[O-].[Na+].[Na+]. The number of ether oxygens (including phenoxy) is 1. The van der Waals surface area contributed by atoms with E-state index < -0.39 is 39.8 Å². The Morgan fingerprint density at radius 3 is 1.84 bits per heavy atom. The van der Waals surface area contributed by atoms with Gasteiger partial charge < -0.3 is 24.5 Å². The molecular weight excluding hydrogens is 520 g/mol. The van der Waals surface area contributed by atoms with Gasteiger partial charge in [-0.1, -0.05) is 70.4 Å². The Balaban J connectivity index is -0.00000578. The number of carbonyl (C=O) groups excluding carboxylic acids is 3. The molecule has 0 aliphatic carbocycles. The van der Waals surface area contributed by atoms with Crippen molar-refractivity contribution in [3.8, 4) is 0 Å². The molecule has 204 valence electrons. The number of amides is 1. The van der Waals surface area contributed by atoms with Gasteiger partial charge >= 0.3 is 65.1 Å². The molecule has 0 aliphatic rings. The van der Waals surface area contributed by atoms with Gasteiger partial charge in [0, 0.05) is 6.42 Å². The first-order chi connectivity index (χ1) is 16.6. The van der Waals surface area contributed by atoms with E-state index >= 15 is 0 Å². The van der Waals surface area contributed by atoms with Crippen LogP contribution in [0.25, 0.3) is 0 Å². The number of carboxylic acids is 1. The first kappa shape index (κ1) is 41.5. The molecule has 0 fully saturated rings. The van der Waals surface area contributed by atoms with Gasteiger partial charge in [0.2, 0.25) is 5.91 Å². The average Bonchev–Trinajstić information content (AvgIpc) is 2.77. The van der Waals surface area contributed by atoms with Crippen LogP contribution in [-0.2, 0) is 29.2 Å². The third kappa shape index (κ3) is 26.1. The molecule has 0 heterocycles. The number of hydrogen-bond donors (Lipinski definition) is 1. The Labute approximate surface area is 267 Å². The first-order valence-corrected chi connectivity index (χ1v) is 14.3. The minimum absolute atomic E-state index is 0. The minimum Gasteiger partial charge on any atom is -0.747 e. The second-order valence-electron chi connectivity index (χ2n) is 8.94. The largest absolute Gasteiger partial charge is 1.00 e. The van der Waals surface area contributed by atoms with E-state index in [0.717, 1.165) is 38.5 Å². The molecule has 0 aromatic carbocycles. The standard InChI is InChI=1S/C25H45NO8S.2Na/c1-3-4-5-6-7-8-9-10-11-12-13-14-15-16-17-18-23(27)26-20-21(2)34-24(28)19-22(25(29)30)35(31,32)33;;/h10-11,21-22H,3-9,12-20H2,1-2H3,(H,26,27)(H,29,30)(H,31,32,33);;/q;2*+1/p-2. The van der Waals surface area contributed by atoms with Crippen LogP contribution < -0.4 is 69.5 Å². The van der Waals surface area contributed by atoms with Crippen molar-refractivity contribution in [3.05, 3.63) is 12.2 Å². The zero-order chi connectivity index (χ0) is 26.5. The molecule has 0 saturated heterocycles. The summed E-state index contributed by atoms with van der Waals surface area (Å²) in [6.45, 7) is 3.68. The molecule has 1 amide bonds. The van der Waals surface area contributed by atoms with Crippen molar-refractivity contribution in [2.45, 2.75) is 122 Å². The fourth-order valence-electron chi connectivity index (χ4n) is 3.47. The van der Waals surface area contributed by atoms with Crippen LogP contribution in [0.4, 0.5) is 0 Å². The topological polar surface area (TPSA) is 153 Å². The van der Waals surface area contributed by atoms with E-state index in [1.165, 1.54) is 51.9 Å². The van der Waals surface area contributed by atoms with E-state index in [0.29, 0.717) is 6.42 Å². The smallest absolute Gasteiger partial charge is 0.747 e. The van der Waals surface area contributed by atoms with Crippen LogP contribution in [0.3, 0.4) is 0 Å². The van der Waals surface area contributed by atoms with Crippen LogP contribution in [-0.4, -0.2) is 48.7 Å². The molecule has 0 rings (SSSR count). The van der Waals surface area contributed by atoms with Crippen LogP contribution in [0.15, 0.2) is 12.2 Å². The van der Waals surface area contributed by atoms with E-state index in [1.807, 2.05) is 0 Å². The molecule has 12 heteroatoms. The normalized spacial score (nSPS) is 12.7. The Morgan fingerprint density at radius 1 is 0.865 bits per heavy atom. The molecule has 2 unspecified atom stereocenters. The number of carboxylic acid groups (broad SMARTS) is 1. The van der Waals surface area contributed by atoms with Crippen molar-refractivity contribution in [3.63, 3.8) is 0 Å². The summed E-state index contributed by atoms with van der Waals surface area (Å²) in [7, 11) is -5.24. The van der Waals surface area contributed by atoms with Crippen LogP contribution in [0, 0.1) is 0 Å². The molecule has 9 nitrogen and oxygen atoms in total. The number of aliphatic carboxylic acids is 1. The van der Waals surface area contributed by atoms with Gasteiger partial charge in [0.15, 0.2) is 0 Å². The van der Waals surface area contributed by atoms with Gasteiger partial charge in [-0.3, -0.25) is 9.59 Å². The molecule has 1 N–H and O–H groups in total. The third-order valence-electron chi connectivity index (χ3n) is 5.55. The van der Waals surface area contributed by atoms with Crippen LogP contribution in [0.1, 0.15) is 110 Å². The van der Waals surface area contributed by atoms with E-state index in [1.54, 1.807) is 0 Å². The predicted molar refractivity (Wildman–Crippen MR) is 131 cm³/mol. The van der Waals surface area contributed by atoms with E-state index in [9.17, 15) is 32.5 Å². The van der Waals surface area contributed by atoms with Crippen molar-refractivity contribution in [2.24, 2.45) is 0 Å². The Hall–Kier alpha value is 0.0600. The summed E-state index contributed by atoms with van der Waals surface area (Å²) < 4.78 is 37.4. The van der Waals surface area contributed by atoms with Crippen molar-refractivity contribution in [2.75, 3.05) is 6.54 Å². The van der Waals surface area contributed by atoms with E-state index in [2.05, 4.69) is 24.4 Å². The molecule has 2 atom stereocenters. The number of allylic oxidation sites excluding steroid dienone is 2. The molecule has 0 spiro atoms. The number of esters is 1. The van der Waals surface area contributed by atoms with Crippen molar-refractivity contribution < 1.29 is 96.3 Å². The monoisotopic (exact) mass is 563 g/mol. The van der Waals surface area contributed by atoms with Crippen LogP contribution in [0.5, 0.6) is 0 Å². The number of hydrogen-bond acceptors (Lipinski definition) is 8. The zero-order valence-corrected chi connectivity index (χ0v) is 28.1. The summed E-state index contributed by atoms with van der Waals surface area (Å²) in [6, 6.07) is 0. The molecular formula is C25H43NNa2O8S. The second-order valence-corrected chi connectivity index (χ2v) is 10.5. The summed E-state index contributed by atoms with van der Waals surface area (Å²) in [4.78, 5) is 34.3. The van der Waals surface area contributed by atoms with Crippen molar-refractivity contribution in [1.29, 1.82) is 0 Å². The maximum Gasteiger partial charge on any atom is 1.00 e. The predicted octanol–water partition coefficient (Wildman–Crippen LogP) is -2.87. The quantitative estimate of drug-likeness (QED) is 0.0485. The van der Waals surface area contributed by atoms with E-state index in [-0.39, 0.29) is 71.6 Å². The average molecular weight is 564 g/mol. The molecule has 0 aromatic rings. The summed E-state index contributed by atoms with van der Waals surface area (Å²) in [5, 5.41) is 10.8. The van der Waals surface area contributed by atoms with Gasteiger partial charge in [0.1, 0.15) is 16.2 Å². The van der Waals surface area contributed by atoms with Gasteiger partial charge in [-0.2, -0.15) is 0 Å². The molecule has 0 aliphatic heterocycles. The van der Waals surface area contributed by atoms with Crippen molar-refractivity contribution in [1.82, 2.24) is 5.32 Å². The number of carbonyl (C=O) groups is 3. The molecule has 0 aromatic heterocycles. The third-order valence-corrected chi connectivity index (χ3v) is 6.60. The van der Waals surface area contributed by atoms with Crippen LogP contribution >= 0.6 is 0 Å². The van der Waals surface area contributed by atoms with Gasteiger partial charge in [-0.15, -0.1) is 0 Å². The van der Waals surface area contributed by atoms with E-state index in [4.69, 9.17) is 4.74 Å². The summed E-state index contributed by atoms with van der Waals surface area (Å²) >= 11 is 0.